The molecule has 0 aromatic rings. The summed E-state index contributed by atoms with van der Waals surface area (Å²) < 4.78 is 0. The Labute approximate surface area is 85.5 Å². The summed E-state index contributed by atoms with van der Waals surface area (Å²) in [5.74, 6) is 0. The summed E-state index contributed by atoms with van der Waals surface area (Å²) in [5, 5.41) is 27.3. The van der Waals surface area contributed by atoms with Crippen LogP contribution < -0.4 is 0 Å². The molecular weight excluding hydrogens is 204 g/mol. The summed E-state index contributed by atoms with van der Waals surface area (Å²) in [6, 6.07) is -1.02. The van der Waals surface area contributed by atoms with E-state index in [2.05, 4.69) is 0 Å². The fourth-order valence-electron chi connectivity index (χ4n) is 2.39. The molecular formula is C8H12N2O5. The van der Waals surface area contributed by atoms with E-state index in [0.717, 1.165) is 4.90 Å². The van der Waals surface area contributed by atoms with Crippen molar-refractivity contribution in [1.82, 2.24) is 9.80 Å². The van der Waals surface area contributed by atoms with Crippen LogP contribution in [-0.2, 0) is 0 Å². The van der Waals surface area contributed by atoms with Crippen LogP contribution in [0.2, 0.25) is 0 Å². The van der Waals surface area contributed by atoms with Gasteiger partial charge in [-0.1, -0.05) is 0 Å². The monoisotopic (exact) mass is 216 g/mol. The van der Waals surface area contributed by atoms with Crippen molar-refractivity contribution in [2.24, 2.45) is 0 Å². The molecule has 3 N–H and O–H groups in total. The highest BCUT2D eigenvalue weighted by atomic mass is 16.4. The number of amides is 2. The molecule has 0 aromatic heterocycles. The number of hydrogen-bond acceptors (Lipinski definition) is 3. The van der Waals surface area contributed by atoms with E-state index in [0.29, 0.717) is 6.42 Å². The van der Waals surface area contributed by atoms with E-state index in [-0.39, 0.29) is 13.1 Å². The first-order valence-electron chi connectivity index (χ1n) is 4.68. The molecule has 3 atom stereocenters. The fraction of sp³-hybridized carbons (Fsp3) is 0.750. The SMILES string of the molecule is O=C(O)N1C[C@@H]2C[C@H](O)[C@H](C1)N2C(=O)O. The summed E-state index contributed by atoms with van der Waals surface area (Å²) >= 11 is 0. The van der Waals surface area contributed by atoms with Crippen molar-refractivity contribution in [3.05, 3.63) is 0 Å². The number of piperazine rings is 1. The number of rotatable bonds is 0. The number of aliphatic hydroxyl groups is 1. The number of hydrogen-bond donors (Lipinski definition) is 3. The zero-order valence-electron chi connectivity index (χ0n) is 7.91. The molecule has 2 bridgehead atoms. The van der Waals surface area contributed by atoms with Gasteiger partial charge in [0, 0.05) is 13.1 Å². The molecule has 2 saturated heterocycles. The van der Waals surface area contributed by atoms with Crippen LogP contribution in [0.3, 0.4) is 0 Å². The van der Waals surface area contributed by atoms with Crippen LogP contribution in [0.1, 0.15) is 6.42 Å². The third kappa shape index (κ3) is 1.48. The second-order valence-corrected chi connectivity index (χ2v) is 3.90. The van der Waals surface area contributed by atoms with Gasteiger partial charge in [-0.2, -0.15) is 0 Å². The number of carbonyl (C=O) groups is 2. The Morgan fingerprint density at radius 2 is 1.80 bits per heavy atom. The Morgan fingerprint density at radius 3 is 2.27 bits per heavy atom. The van der Waals surface area contributed by atoms with E-state index in [1.807, 2.05) is 0 Å². The van der Waals surface area contributed by atoms with Gasteiger partial charge in [0.15, 0.2) is 0 Å². The summed E-state index contributed by atoms with van der Waals surface area (Å²) in [6.45, 7) is 0.203. The number of carboxylic acid groups (broad SMARTS) is 2. The Morgan fingerprint density at radius 1 is 1.13 bits per heavy atom. The van der Waals surface area contributed by atoms with Crippen LogP contribution in [0, 0.1) is 0 Å². The van der Waals surface area contributed by atoms with Gasteiger partial charge in [0.2, 0.25) is 0 Å². The van der Waals surface area contributed by atoms with E-state index in [1.165, 1.54) is 4.90 Å². The van der Waals surface area contributed by atoms with Crippen molar-refractivity contribution in [3.8, 4) is 0 Å². The first-order chi connectivity index (χ1) is 7.00. The van der Waals surface area contributed by atoms with Crippen molar-refractivity contribution in [2.45, 2.75) is 24.6 Å². The molecule has 84 valence electrons. The minimum Gasteiger partial charge on any atom is -0.465 e. The van der Waals surface area contributed by atoms with Crippen molar-refractivity contribution in [2.75, 3.05) is 13.1 Å². The van der Waals surface area contributed by atoms with Crippen LogP contribution in [0.15, 0.2) is 0 Å². The smallest absolute Gasteiger partial charge is 0.408 e. The zero-order valence-corrected chi connectivity index (χ0v) is 7.91. The van der Waals surface area contributed by atoms with Gasteiger partial charge in [-0.25, -0.2) is 9.59 Å². The van der Waals surface area contributed by atoms with Crippen LogP contribution >= 0.6 is 0 Å². The first-order valence-corrected chi connectivity index (χ1v) is 4.68. The van der Waals surface area contributed by atoms with Crippen molar-refractivity contribution >= 4 is 12.2 Å². The van der Waals surface area contributed by atoms with Gasteiger partial charge in [0.25, 0.3) is 0 Å². The first kappa shape index (κ1) is 10.0. The van der Waals surface area contributed by atoms with Gasteiger partial charge < -0.3 is 20.2 Å². The molecule has 0 aliphatic carbocycles. The largest absolute Gasteiger partial charge is 0.465 e. The number of fused-ring (bicyclic) bond motifs is 2. The summed E-state index contributed by atoms with van der Waals surface area (Å²) in [6.07, 6.45) is -2.59. The number of aliphatic hydroxyl groups excluding tert-OH is 1. The third-order valence-electron chi connectivity index (χ3n) is 3.04. The molecule has 0 spiro atoms. The van der Waals surface area contributed by atoms with E-state index >= 15 is 0 Å². The predicted octanol–water partition coefficient (Wildman–Crippen LogP) is -0.538. The average Bonchev–Trinajstić information content (AvgIpc) is 2.34. The molecule has 7 nitrogen and oxygen atoms in total. The van der Waals surface area contributed by atoms with Crippen molar-refractivity contribution in [1.29, 1.82) is 0 Å². The normalized spacial score (nSPS) is 34.3. The number of nitrogens with zero attached hydrogens (tertiary/aromatic N) is 2. The molecule has 2 heterocycles. The molecule has 0 radical (unpaired) electrons. The standard InChI is InChI=1S/C8H12N2O5/c11-6-1-4-2-9(7(12)13)3-5(6)10(4)8(14)15/h4-6,11H,1-3H2,(H,12,13)(H,14,15)/t4-,5-,6-/m0/s1. The Hall–Kier alpha value is -1.50. The molecule has 0 saturated carbocycles. The average molecular weight is 216 g/mol. The van der Waals surface area contributed by atoms with Gasteiger partial charge in [-0.3, -0.25) is 4.90 Å². The van der Waals surface area contributed by atoms with Crippen LogP contribution in [0.5, 0.6) is 0 Å². The second kappa shape index (κ2) is 3.27. The van der Waals surface area contributed by atoms with E-state index in [1.54, 1.807) is 0 Å². The van der Waals surface area contributed by atoms with Gasteiger partial charge in [-0.15, -0.1) is 0 Å². The number of likely N-dealkylation sites (tertiary alicyclic amines) is 1. The maximum atomic E-state index is 10.9. The molecule has 2 rings (SSSR count). The van der Waals surface area contributed by atoms with Gasteiger partial charge in [0.05, 0.1) is 18.2 Å². The topological polar surface area (TPSA) is 101 Å². The minimum absolute atomic E-state index is 0.0549. The molecule has 2 fully saturated rings. The van der Waals surface area contributed by atoms with Gasteiger partial charge in [0.1, 0.15) is 0 Å². The van der Waals surface area contributed by atoms with Crippen LogP contribution in [-0.4, -0.2) is 68.6 Å². The minimum atomic E-state index is -1.09. The molecule has 0 unspecified atom stereocenters. The molecule has 15 heavy (non-hydrogen) atoms. The van der Waals surface area contributed by atoms with Crippen molar-refractivity contribution in [3.63, 3.8) is 0 Å². The summed E-state index contributed by atoms with van der Waals surface area (Å²) in [5.41, 5.74) is 0. The Kier molecular flexibility index (Phi) is 2.18. The maximum absolute atomic E-state index is 10.9. The lowest BCUT2D eigenvalue weighted by Gasteiger charge is -2.38. The molecule has 7 heteroatoms. The maximum Gasteiger partial charge on any atom is 0.408 e. The van der Waals surface area contributed by atoms with Gasteiger partial charge >= 0.3 is 12.2 Å². The third-order valence-corrected chi connectivity index (χ3v) is 3.04. The van der Waals surface area contributed by atoms with Gasteiger partial charge in [-0.05, 0) is 6.42 Å². The molecule has 2 aliphatic heterocycles. The Balaban J connectivity index is 2.18. The molecule has 0 aromatic carbocycles. The van der Waals surface area contributed by atoms with E-state index in [4.69, 9.17) is 10.2 Å². The Bertz CT molecular complexity index is 307. The van der Waals surface area contributed by atoms with E-state index < -0.39 is 30.4 Å². The lowest BCUT2D eigenvalue weighted by molar-refractivity contribution is 0.0396. The van der Waals surface area contributed by atoms with E-state index in [9.17, 15) is 14.7 Å². The summed E-state index contributed by atoms with van der Waals surface area (Å²) in [7, 11) is 0. The highest BCUT2D eigenvalue weighted by Gasteiger charge is 2.49. The van der Waals surface area contributed by atoms with Crippen LogP contribution in [0.25, 0.3) is 0 Å². The summed E-state index contributed by atoms with van der Waals surface area (Å²) in [4.78, 5) is 23.9. The fourth-order valence-corrected chi connectivity index (χ4v) is 2.39. The molecule has 2 aliphatic rings. The van der Waals surface area contributed by atoms with Crippen LogP contribution in [0.4, 0.5) is 9.59 Å². The molecule has 2 amide bonds. The van der Waals surface area contributed by atoms with Crippen molar-refractivity contribution < 1.29 is 24.9 Å². The predicted molar refractivity (Wildman–Crippen MR) is 47.7 cm³/mol. The highest BCUT2D eigenvalue weighted by molar-refractivity contribution is 5.69. The highest BCUT2D eigenvalue weighted by Crippen LogP contribution is 2.30. The quantitative estimate of drug-likeness (QED) is 0.505. The lowest BCUT2D eigenvalue weighted by Crippen LogP contribution is -2.57. The zero-order chi connectivity index (χ0) is 11.2. The lowest BCUT2D eigenvalue weighted by atomic mass is 10.2. The second-order valence-electron chi connectivity index (χ2n) is 3.90.